The number of carbonyl (C=O) groups is 1. The van der Waals surface area contributed by atoms with E-state index in [9.17, 15) is 9.59 Å². The third-order valence-corrected chi connectivity index (χ3v) is 5.53. The van der Waals surface area contributed by atoms with Crippen molar-refractivity contribution in [2.75, 3.05) is 13.7 Å². The van der Waals surface area contributed by atoms with E-state index in [1.807, 2.05) is 24.3 Å². The highest BCUT2D eigenvalue weighted by Crippen LogP contribution is 2.29. The first-order valence-electron chi connectivity index (χ1n) is 10.3. The van der Waals surface area contributed by atoms with Gasteiger partial charge in [0, 0.05) is 10.5 Å². The smallest absolute Gasteiger partial charge is 0.375 e. The monoisotopic (exact) mass is 508 g/mol. The van der Waals surface area contributed by atoms with E-state index in [1.165, 1.54) is 0 Å². The number of methoxy groups -OCH3 is 1. The van der Waals surface area contributed by atoms with Crippen molar-refractivity contribution in [1.82, 2.24) is 0 Å². The summed E-state index contributed by atoms with van der Waals surface area (Å²) in [5.41, 5.74) is 1.58. The van der Waals surface area contributed by atoms with Gasteiger partial charge in [-0.2, -0.15) is 0 Å². The average Bonchev–Trinajstić information content (AvgIpc) is 2.83. The number of ether oxygens (including phenoxy) is 3. The van der Waals surface area contributed by atoms with E-state index >= 15 is 0 Å². The third-order valence-electron chi connectivity index (χ3n) is 5.00. The van der Waals surface area contributed by atoms with Crippen molar-refractivity contribution < 1.29 is 23.4 Å². The summed E-state index contributed by atoms with van der Waals surface area (Å²) in [6.07, 6.45) is 0. The number of rotatable bonds is 7. The Morgan fingerprint density at radius 3 is 2.52 bits per heavy atom. The maximum Gasteiger partial charge on any atom is 0.375 e. The van der Waals surface area contributed by atoms with Crippen molar-refractivity contribution in [3.05, 3.63) is 92.7 Å². The van der Waals surface area contributed by atoms with E-state index in [2.05, 4.69) is 15.9 Å². The van der Waals surface area contributed by atoms with Crippen LogP contribution in [-0.4, -0.2) is 19.7 Å². The van der Waals surface area contributed by atoms with Gasteiger partial charge in [-0.25, -0.2) is 4.79 Å². The molecule has 3 aromatic carbocycles. The lowest BCUT2D eigenvalue weighted by Gasteiger charge is -2.11. The number of fused-ring (bicyclic) bond motifs is 1. The minimum Gasteiger partial charge on any atom is -0.497 e. The van der Waals surface area contributed by atoms with Crippen LogP contribution in [0.5, 0.6) is 11.5 Å². The van der Waals surface area contributed by atoms with Gasteiger partial charge in [0.2, 0.25) is 11.2 Å². The lowest BCUT2D eigenvalue weighted by Crippen LogP contribution is -2.15. The van der Waals surface area contributed by atoms with Crippen molar-refractivity contribution in [2.45, 2.75) is 13.5 Å². The van der Waals surface area contributed by atoms with Gasteiger partial charge in [-0.3, -0.25) is 4.79 Å². The SMILES string of the molecule is CCOC(=O)c1oc2cc(OCc3cccc(OC)c3)ccc2c(=O)c1-c1ccc(Br)cc1. The highest BCUT2D eigenvalue weighted by Gasteiger charge is 2.23. The topological polar surface area (TPSA) is 75.0 Å². The van der Waals surface area contributed by atoms with Gasteiger partial charge < -0.3 is 18.6 Å². The lowest BCUT2D eigenvalue weighted by molar-refractivity contribution is 0.0492. The molecule has 4 rings (SSSR count). The molecule has 6 nitrogen and oxygen atoms in total. The summed E-state index contributed by atoms with van der Waals surface area (Å²) in [5.74, 6) is 0.401. The molecule has 0 aliphatic heterocycles. The van der Waals surface area contributed by atoms with Gasteiger partial charge in [0.25, 0.3) is 0 Å². The van der Waals surface area contributed by atoms with Gasteiger partial charge in [0.15, 0.2) is 0 Å². The largest absolute Gasteiger partial charge is 0.497 e. The zero-order chi connectivity index (χ0) is 23.4. The van der Waals surface area contributed by atoms with Crippen LogP contribution in [0, 0.1) is 0 Å². The Hall–Kier alpha value is -3.58. The fourth-order valence-corrected chi connectivity index (χ4v) is 3.68. The van der Waals surface area contributed by atoms with Crippen LogP contribution in [0.3, 0.4) is 0 Å². The van der Waals surface area contributed by atoms with Crippen LogP contribution in [0.2, 0.25) is 0 Å². The molecule has 0 aliphatic rings. The summed E-state index contributed by atoms with van der Waals surface area (Å²) in [7, 11) is 1.61. The predicted octanol–water partition coefficient (Wildman–Crippen LogP) is 5.99. The quantitative estimate of drug-likeness (QED) is 0.285. The standard InChI is InChI=1S/C26H21BrO6/c1-3-31-26(29)25-23(17-7-9-18(27)10-8-17)24(28)21-12-11-20(14-22(21)33-25)32-15-16-5-4-6-19(13-16)30-2/h4-14H,3,15H2,1-2H3. The highest BCUT2D eigenvalue weighted by atomic mass is 79.9. The van der Waals surface area contributed by atoms with E-state index in [4.69, 9.17) is 18.6 Å². The molecule has 1 heterocycles. The first-order valence-corrected chi connectivity index (χ1v) is 11.1. The molecule has 0 radical (unpaired) electrons. The second kappa shape index (κ2) is 9.92. The van der Waals surface area contributed by atoms with E-state index < -0.39 is 5.97 Å². The molecule has 0 aliphatic carbocycles. The Morgan fingerprint density at radius 1 is 1.00 bits per heavy atom. The Labute approximate surface area is 198 Å². The summed E-state index contributed by atoms with van der Waals surface area (Å²) >= 11 is 3.38. The molecule has 4 aromatic rings. The van der Waals surface area contributed by atoms with E-state index in [0.717, 1.165) is 15.8 Å². The molecule has 0 atom stereocenters. The molecule has 0 fully saturated rings. The lowest BCUT2D eigenvalue weighted by atomic mass is 10.0. The molecule has 33 heavy (non-hydrogen) atoms. The zero-order valence-corrected chi connectivity index (χ0v) is 19.7. The summed E-state index contributed by atoms with van der Waals surface area (Å²) in [4.78, 5) is 26.0. The zero-order valence-electron chi connectivity index (χ0n) is 18.1. The number of benzene rings is 3. The van der Waals surface area contributed by atoms with Gasteiger partial charge >= 0.3 is 5.97 Å². The van der Waals surface area contributed by atoms with Crippen LogP contribution in [-0.2, 0) is 11.3 Å². The van der Waals surface area contributed by atoms with Crippen LogP contribution in [0.4, 0.5) is 0 Å². The maximum absolute atomic E-state index is 13.4. The van der Waals surface area contributed by atoms with Crippen LogP contribution < -0.4 is 14.9 Å². The summed E-state index contributed by atoms with van der Waals surface area (Å²) in [6.45, 7) is 2.15. The van der Waals surface area contributed by atoms with Crippen LogP contribution in [0.15, 0.2) is 80.4 Å². The molecule has 0 spiro atoms. The average molecular weight is 509 g/mol. The third kappa shape index (κ3) is 4.93. The molecule has 0 saturated carbocycles. The molecule has 7 heteroatoms. The molecule has 0 N–H and O–H groups in total. The van der Waals surface area contributed by atoms with Crippen LogP contribution >= 0.6 is 15.9 Å². The fraction of sp³-hybridized carbons (Fsp3) is 0.154. The fourth-order valence-electron chi connectivity index (χ4n) is 3.41. The van der Waals surface area contributed by atoms with E-state index in [0.29, 0.717) is 23.3 Å². The number of hydrogen-bond donors (Lipinski definition) is 0. The molecule has 0 unspecified atom stereocenters. The minimum absolute atomic E-state index is 0.137. The second-order valence-electron chi connectivity index (χ2n) is 7.16. The van der Waals surface area contributed by atoms with Crippen molar-refractivity contribution in [3.8, 4) is 22.6 Å². The predicted molar refractivity (Wildman–Crippen MR) is 129 cm³/mol. The molecule has 1 aromatic heterocycles. The van der Waals surface area contributed by atoms with Gasteiger partial charge in [-0.15, -0.1) is 0 Å². The van der Waals surface area contributed by atoms with Crippen molar-refractivity contribution >= 4 is 32.9 Å². The molecule has 168 valence electrons. The van der Waals surface area contributed by atoms with Crippen LogP contribution in [0.25, 0.3) is 22.1 Å². The maximum atomic E-state index is 13.4. The Kier molecular flexibility index (Phi) is 6.79. The molecule has 0 amide bonds. The van der Waals surface area contributed by atoms with E-state index in [1.54, 1.807) is 56.5 Å². The molecular formula is C26H21BrO6. The summed E-state index contributed by atoms with van der Waals surface area (Å²) in [5, 5.41) is 0.342. The number of halogens is 1. The van der Waals surface area contributed by atoms with Crippen molar-refractivity contribution in [1.29, 1.82) is 0 Å². The van der Waals surface area contributed by atoms with E-state index in [-0.39, 0.29) is 28.9 Å². The number of carbonyl (C=O) groups excluding carboxylic acids is 1. The van der Waals surface area contributed by atoms with Gasteiger partial charge in [0.1, 0.15) is 23.7 Å². The van der Waals surface area contributed by atoms with Gasteiger partial charge in [-0.1, -0.05) is 40.2 Å². The van der Waals surface area contributed by atoms with Crippen LogP contribution in [0.1, 0.15) is 23.0 Å². The first-order chi connectivity index (χ1) is 16.0. The first kappa shape index (κ1) is 22.6. The van der Waals surface area contributed by atoms with Gasteiger partial charge in [-0.05, 0) is 54.4 Å². The Balaban J connectivity index is 1.75. The van der Waals surface area contributed by atoms with Crippen molar-refractivity contribution in [2.24, 2.45) is 0 Å². The molecule has 0 saturated heterocycles. The Bertz CT molecular complexity index is 1360. The molecular weight excluding hydrogens is 488 g/mol. The minimum atomic E-state index is -0.697. The second-order valence-corrected chi connectivity index (χ2v) is 8.08. The van der Waals surface area contributed by atoms with Gasteiger partial charge in [0.05, 0.1) is 24.7 Å². The molecule has 0 bridgehead atoms. The summed E-state index contributed by atoms with van der Waals surface area (Å²) in [6, 6.07) is 19.6. The highest BCUT2D eigenvalue weighted by molar-refractivity contribution is 9.10. The number of hydrogen-bond acceptors (Lipinski definition) is 6. The van der Waals surface area contributed by atoms with Crippen molar-refractivity contribution in [3.63, 3.8) is 0 Å². The normalized spacial score (nSPS) is 10.8. The summed E-state index contributed by atoms with van der Waals surface area (Å²) < 4.78 is 23.0. The number of esters is 1. The Morgan fingerprint density at radius 2 is 1.79 bits per heavy atom.